The van der Waals surface area contributed by atoms with E-state index in [2.05, 4.69) is 15.6 Å². The van der Waals surface area contributed by atoms with E-state index in [-0.39, 0.29) is 11.3 Å². The normalized spacial score (nSPS) is 15.4. The fourth-order valence-corrected chi connectivity index (χ4v) is 3.88. The second kappa shape index (κ2) is 10.8. The molecule has 0 radical (unpaired) electrons. The Kier molecular flexibility index (Phi) is 8.50. The van der Waals surface area contributed by atoms with Crippen molar-refractivity contribution in [1.29, 1.82) is 0 Å². The van der Waals surface area contributed by atoms with E-state index in [1.54, 1.807) is 17.0 Å². The number of hydrogen-bond donors (Lipinski definition) is 2. The number of esters is 1. The zero-order valence-corrected chi connectivity index (χ0v) is 18.7. The third kappa shape index (κ3) is 5.64. The van der Waals surface area contributed by atoms with E-state index in [9.17, 15) is 9.59 Å². The van der Waals surface area contributed by atoms with Crippen LogP contribution in [0.5, 0.6) is 5.75 Å². The van der Waals surface area contributed by atoms with Crippen molar-refractivity contribution >= 4 is 17.8 Å². The van der Waals surface area contributed by atoms with Crippen molar-refractivity contribution < 1.29 is 19.1 Å². The summed E-state index contributed by atoms with van der Waals surface area (Å²) in [5.74, 6) is 0.824. The number of hydrogen-bond acceptors (Lipinski definition) is 5. The van der Waals surface area contributed by atoms with E-state index in [1.165, 1.54) is 14.2 Å². The lowest BCUT2D eigenvalue weighted by Gasteiger charge is -2.31. The Morgan fingerprint density at radius 1 is 1.17 bits per heavy atom. The lowest BCUT2D eigenvalue weighted by molar-refractivity contribution is -0.138. The van der Waals surface area contributed by atoms with Crippen LogP contribution in [0.15, 0.2) is 23.2 Å². The van der Waals surface area contributed by atoms with Crippen molar-refractivity contribution in [2.75, 3.05) is 41.4 Å². The average Bonchev–Trinajstić information content (AvgIpc) is 3.24. The van der Waals surface area contributed by atoms with Gasteiger partial charge in [0, 0.05) is 27.2 Å². The summed E-state index contributed by atoms with van der Waals surface area (Å²) in [4.78, 5) is 31.1. The molecule has 166 valence electrons. The smallest absolute Gasteiger partial charge is 0.341 e. The quantitative estimate of drug-likeness (QED) is 0.382. The molecule has 1 amide bonds. The highest BCUT2D eigenvalue weighted by molar-refractivity contribution is 5.92. The van der Waals surface area contributed by atoms with Crippen molar-refractivity contribution in [2.24, 2.45) is 10.4 Å². The van der Waals surface area contributed by atoms with Crippen LogP contribution < -0.4 is 15.4 Å². The number of amides is 1. The molecule has 1 saturated carbocycles. The first-order valence-corrected chi connectivity index (χ1v) is 10.4. The Balaban J connectivity index is 2.14. The number of rotatable bonds is 8. The molecule has 0 bridgehead atoms. The molecule has 2 rings (SSSR count). The average molecular weight is 419 g/mol. The Morgan fingerprint density at radius 3 is 2.43 bits per heavy atom. The molecule has 0 spiro atoms. The van der Waals surface area contributed by atoms with Gasteiger partial charge in [0.2, 0.25) is 5.91 Å². The van der Waals surface area contributed by atoms with Gasteiger partial charge in [-0.2, -0.15) is 0 Å². The molecule has 0 aliphatic heterocycles. The predicted octanol–water partition coefficient (Wildman–Crippen LogP) is 2.19. The van der Waals surface area contributed by atoms with Crippen LogP contribution in [0.4, 0.5) is 0 Å². The number of nitrogens with zero attached hydrogens (tertiary/aromatic N) is 2. The summed E-state index contributed by atoms with van der Waals surface area (Å²) in [5, 5.41) is 6.59. The molecule has 1 fully saturated rings. The van der Waals surface area contributed by atoms with Gasteiger partial charge in [-0.05, 0) is 37.5 Å². The van der Waals surface area contributed by atoms with Gasteiger partial charge in [0.05, 0.1) is 26.2 Å². The van der Waals surface area contributed by atoms with Crippen LogP contribution in [0.25, 0.3) is 0 Å². The third-order valence-corrected chi connectivity index (χ3v) is 5.45. The molecule has 0 aromatic heterocycles. The molecule has 30 heavy (non-hydrogen) atoms. The molecule has 0 saturated heterocycles. The maximum Gasteiger partial charge on any atom is 0.341 e. The Bertz CT molecular complexity index is 770. The highest BCUT2D eigenvalue weighted by Crippen LogP contribution is 2.38. The zero-order valence-electron chi connectivity index (χ0n) is 18.7. The second-order valence-electron chi connectivity index (χ2n) is 7.76. The summed E-state index contributed by atoms with van der Waals surface area (Å²) in [7, 11) is 6.48. The largest absolute Gasteiger partial charge is 0.496 e. The molecule has 0 heterocycles. The van der Waals surface area contributed by atoms with Gasteiger partial charge in [-0.25, -0.2) is 9.79 Å². The summed E-state index contributed by atoms with van der Waals surface area (Å²) in [6.45, 7) is 3.62. The maximum absolute atomic E-state index is 12.8. The van der Waals surface area contributed by atoms with Gasteiger partial charge < -0.3 is 25.0 Å². The SMILES string of the molecule is CCNC(=NCc1ccc(OC)c(C(=O)OC)c1)NCC1(C(=O)N(C)C)CCCC1. The van der Waals surface area contributed by atoms with Crippen molar-refractivity contribution in [3.05, 3.63) is 29.3 Å². The molecular formula is C22H34N4O4. The first kappa shape index (κ1) is 23.5. The summed E-state index contributed by atoms with van der Waals surface area (Å²) < 4.78 is 10.1. The standard InChI is InChI=1S/C22H34N4O4/c1-6-23-21(25-15-22(11-7-8-12-22)20(28)26(2)3)24-14-16-9-10-18(29-4)17(13-16)19(27)30-5/h9-10,13H,6-8,11-12,14-15H2,1-5H3,(H2,23,24,25). The lowest BCUT2D eigenvalue weighted by Crippen LogP contribution is -2.49. The van der Waals surface area contributed by atoms with Crippen LogP contribution in [0.2, 0.25) is 0 Å². The summed E-state index contributed by atoms with van der Waals surface area (Å²) >= 11 is 0. The van der Waals surface area contributed by atoms with Crippen molar-refractivity contribution in [3.63, 3.8) is 0 Å². The van der Waals surface area contributed by atoms with E-state index in [0.29, 0.717) is 36.9 Å². The Morgan fingerprint density at radius 2 is 1.87 bits per heavy atom. The molecule has 2 N–H and O–H groups in total. The second-order valence-corrected chi connectivity index (χ2v) is 7.76. The van der Waals surface area contributed by atoms with E-state index in [0.717, 1.165) is 31.2 Å². The monoisotopic (exact) mass is 418 g/mol. The number of methoxy groups -OCH3 is 2. The fourth-order valence-electron chi connectivity index (χ4n) is 3.88. The van der Waals surface area contributed by atoms with Crippen LogP contribution in [-0.2, 0) is 16.1 Å². The first-order chi connectivity index (χ1) is 14.4. The number of benzene rings is 1. The minimum absolute atomic E-state index is 0.168. The summed E-state index contributed by atoms with van der Waals surface area (Å²) in [5.41, 5.74) is 0.846. The van der Waals surface area contributed by atoms with Crippen LogP contribution in [0, 0.1) is 5.41 Å². The minimum atomic E-state index is -0.451. The molecule has 1 aromatic carbocycles. The lowest BCUT2D eigenvalue weighted by atomic mass is 9.84. The van der Waals surface area contributed by atoms with Crippen molar-refractivity contribution in [3.8, 4) is 5.75 Å². The van der Waals surface area contributed by atoms with Crippen molar-refractivity contribution in [2.45, 2.75) is 39.2 Å². The van der Waals surface area contributed by atoms with E-state index in [1.807, 2.05) is 27.1 Å². The first-order valence-electron chi connectivity index (χ1n) is 10.4. The molecular weight excluding hydrogens is 384 g/mol. The van der Waals surface area contributed by atoms with Crippen molar-refractivity contribution in [1.82, 2.24) is 15.5 Å². The molecule has 0 atom stereocenters. The van der Waals surface area contributed by atoms with Gasteiger partial charge in [0.15, 0.2) is 5.96 Å². The number of guanidine groups is 1. The number of nitrogens with one attached hydrogen (secondary N) is 2. The van der Waals surface area contributed by atoms with Crippen LogP contribution in [0.3, 0.4) is 0 Å². The van der Waals surface area contributed by atoms with Gasteiger partial charge in [-0.15, -0.1) is 0 Å². The summed E-state index contributed by atoms with van der Waals surface area (Å²) in [6, 6.07) is 5.33. The van der Waals surface area contributed by atoms with Gasteiger partial charge in [0.25, 0.3) is 0 Å². The Labute approximate surface area is 179 Å². The third-order valence-electron chi connectivity index (χ3n) is 5.45. The van der Waals surface area contributed by atoms with Crippen LogP contribution >= 0.6 is 0 Å². The maximum atomic E-state index is 12.8. The minimum Gasteiger partial charge on any atom is -0.496 e. The Hall–Kier alpha value is -2.77. The highest BCUT2D eigenvalue weighted by Gasteiger charge is 2.42. The molecule has 8 nitrogen and oxygen atoms in total. The van der Waals surface area contributed by atoms with E-state index >= 15 is 0 Å². The number of ether oxygens (including phenoxy) is 2. The van der Waals surface area contributed by atoms with E-state index in [4.69, 9.17) is 9.47 Å². The topological polar surface area (TPSA) is 92.3 Å². The summed E-state index contributed by atoms with van der Waals surface area (Å²) in [6.07, 6.45) is 3.91. The highest BCUT2D eigenvalue weighted by atomic mass is 16.5. The van der Waals surface area contributed by atoms with E-state index < -0.39 is 5.97 Å². The van der Waals surface area contributed by atoms with Gasteiger partial charge >= 0.3 is 5.97 Å². The zero-order chi connectivity index (χ0) is 22.1. The van der Waals surface area contributed by atoms with Crippen LogP contribution in [-0.4, -0.2) is 64.1 Å². The van der Waals surface area contributed by atoms with Crippen LogP contribution in [0.1, 0.15) is 48.5 Å². The molecule has 1 aliphatic carbocycles. The fraction of sp³-hybridized carbons (Fsp3) is 0.591. The molecule has 1 aliphatic rings. The number of carbonyl (C=O) groups is 2. The molecule has 0 unspecified atom stereocenters. The number of carbonyl (C=O) groups excluding carboxylic acids is 2. The molecule has 1 aromatic rings. The molecule has 8 heteroatoms. The van der Waals surface area contributed by atoms with Gasteiger partial charge in [-0.3, -0.25) is 4.79 Å². The van der Waals surface area contributed by atoms with Gasteiger partial charge in [0.1, 0.15) is 11.3 Å². The number of aliphatic imine (C=N–C) groups is 1. The predicted molar refractivity (Wildman–Crippen MR) is 117 cm³/mol. The van der Waals surface area contributed by atoms with Gasteiger partial charge in [-0.1, -0.05) is 18.9 Å².